The number of carbonyl (C=O) groups is 1. The average Bonchev–Trinajstić information content (AvgIpc) is 2.37. The first-order valence-corrected chi connectivity index (χ1v) is 8.07. The van der Waals surface area contributed by atoms with Crippen LogP contribution in [0.2, 0.25) is 0 Å². The van der Waals surface area contributed by atoms with Crippen LogP contribution in [0.25, 0.3) is 0 Å². The van der Waals surface area contributed by atoms with Gasteiger partial charge in [-0.3, -0.25) is 4.79 Å². The molecule has 0 saturated carbocycles. The van der Waals surface area contributed by atoms with Gasteiger partial charge in [0.1, 0.15) is 0 Å². The van der Waals surface area contributed by atoms with Crippen LogP contribution >= 0.6 is 0 Å². The SMILES string of the molecule is CCC(N)CCNC(=O)c1ccc(S(C)(=O)=O)cc1. The van der Waals surface area contributed by atoms with Gasteiger partial charge in [0.25, 0.3) is 5.91 Å². The molecule has 0 aliphatic rings. The summed E-state index contributed by atoms with van der Waals surface area (Å²) in [4.78, 5) is 12.0. The maximum absolute atomic E-state index is 11.8. The normalized spacial score (nSPS) is 13.0. The van der Waals surface area contributed by atoms with Crippen molar-refractivity contribution < 1.29 is 13.2 Å². The van der Waals surface area contributed by atoms with E-state index in [-0.39, 0.29) is 16.8 Å². The van der Waals surface area contributed by atoms with Gasteiger partial charge < -0.3 is 11.1 Å². The van der Waals surface area contributed by atoms with E-state index in [1.165, 1.54) is 24.3 Å². The molecule has 0 aliphatic heterocycles. The summed E-state index contributed by atoms with van der Waals surface area (Å²) in [5.41, 5.74) is 6.19. The van der Waals surface area contributed by atoms with Gasteiger partial charge >= 0.3 is 0 Å². The van der Waals surface area contributed by atoms with Crippen LogP contribution in [0.1, 0.15) is 30.1 Å². The number of carbonyl (C=O) groups excluding carboxylic acids is 1. The van der Waals surface area contributed by atoms with Crippen molar-refractivity contribution in [3.8, 4) is 0 Å². The first kappa shape index (κ1) is 15.7. The first-order valence-electron chi connectivity index (χ1n) is 6.18. The van der Waals surface area contributed by atoms with Crippen molar-refractivity contribution in [1.29, 1.82) is 0 Å². The summed E-state index contributed by atoms with van der Waals surface area (Å²) in [6, 6.07) is 5.97. The van der Waals surface area contributed by atoms with Crippen molar-refractivity contribution in [1.82, 2.24) is 5.32 Å². The van der Waals surface area contributed by atoms with E-state index in [2.05, 4.69) is 5.32 Å². The van der Waals surface area contributed by atoms with E-state index in [9.17, 15) is 13.2 Å². The lowest BCUT2D eigenvalue weighted by Gasteiger charge is -2.09. The molecule has 5 nitrogen and oxygen atoms in total. The van der Waals surface area contributed by atoms with Crippen LogP contribution in [0.15, 0.2) is 29.2 Å². The summed E-state index contributed by atoms with van der Waals surface area (Å²) in [5.74, 6) is -0.219. The Kier molecular flexibility index (Phi) is 5.50. The minimum Gasteiger partial charge on any atom is -0.352 e. The Morgan fingerprint density at radius 2 is 1.89 bits per heavy atom. The Hall–Kier alpha value is -1.40. The third-order valence-electron chi connectivity index (χ3n) is 2.87. The molecule has 0 aromatic heterocycles. The quantitative estimate of drug-likeness (QED) is 0.814. The van der Waals surface area contributed by atoms with Gasteiger partial charge in [-0.15, -0.1) is 0 Å². The van der Waals surface area contributed by atoms with E-state index in [0.29, 0.717) is 12.1 Å². The maximum atomic E-state index is 11.8. The van der Waals surface area contributed by atoms with Crippen LogP contribution in [0.5, 0.6) is 0 Å². The molecule has 1 aromatic rings. The average molecular weight is 284 g/mol. The summed E-state index contributed by atoms with van der Waals surface area (Å²) in [7, 11) is -3.23. The molecule has 1 aromatic carbocycles. The Morgan fingerprint density at radius 3 is 2.37 bits per heavy atom. The second-order valence-corrected chi connectivity index (χ2v) is 6.53. The highest BCUT2D eigenvalue weighted by Gasteiger charge is 2.09. The molecule has 0 bridgehead atoms. The number of nitrogens with two attached hydrogens (primary N) is 1. The van der Waals surface area contributed by atoms with Gasteiger partial charge in [0.2, 0.25) is 0 Å². The van der Waals surface area contributed by atoms with Gasteiger partial charge in [0.15, 0.2) is 9.84 Å². The first-order chi connectivity index (χ1) is 8.84. The molecule has 6 heteroatoms. The van der Waals surface area contributed by atoms with Crippen LogP contribution < -0.4 is 11.1 Å². The maximum Gasteiger partial charge on any atom is 0.251 e. The molecule has 0 spiro atoms. The molecule has 0 saturated heterocycles. The lowest BCUT2D eigenvalue weighted by Crippen LogP contribution is -2.30. The molecule has 3 N–H and O–H groups in total. The number of rotatable bonds is 6. The third kappa shape index (κ3) is 5.00. The molecule has 0 heterocycles. The molecule has 0 aliphatic carbocycles. The fourth-order valence-electron chi connectivity index (χ4n) is 1.53. The van der Waals surface area contributed by atoms with Crippen molar-refractivity contribution in [2.45, 2.75) is 30.7 Å². The van der Waals surface area contributed by atoms with E-state index in [4.69, 9.17) is 5.73 Å². The van der Waals surface area contributed by atoms with Gasteiger partial charge in [-0.1, -0.05) is 6.92 Å². The summed E-state index contributed by atoms with van der Waals surface area (Å²) in [5, 5.41) is 2.75. The predicted octanol–water partition coefficient (Wildman–Crippen LogP) is 0.947. The smallest absolute Gasteiger partial charge is 0.251 e. The van der Waals surface area contributed by atoms with Crippen molar-refractivity contribution in [2.75, 3.05) is 12.8 Å². The zero-order valence-electron chi connectivity index (χ0n) is 11.2. The summed E-state index contributed by atoms with van der Waals surface area (Å²) >= 11 is 0. The molecule has 1 unspecified atom stereocenters. The van der Waals surface area contributed by atoms with E-state index >= 15 is 0 Å². The second-order valence-electron chi connectivity index (χ2n) is 4.51. The lowest BCUT2D eigenvalue weighted by atomic mass is 10.1. The van der Waals surface area contributed by atoms with E-state index in [0.717, 1.165) is 19.1 Å². The molecule has 1 amide bonds. The Labute approximate surface area is 114 Å². The largest absolute Gasteiger partial charge is 0.352 e. The molecule has 0 fully saturated rings. The number of benzene rings is 1. The number of hydrogen-bond donors (Lipinski definition) is 2. The molecule has 106 valence electrons. The van der Waals surface area contributed by atoms with Crippen molar-refractivity contribution >= 4 is 15.7 Å². The minimum atomic E-state index is -3.23. The lowest BCUT2D eigenvalue weighted by molar-refractivity contribution is 0.0952. The second kappa shape index (κ2) is 6.68. The Morgan fingerprint density at radius 1 is 1.32 bits per heavy atom. The minimum absolute atomic E-state index is 0.0907. The molecule has 1 atom stereocenters. The highest BCUT2D eigenvalue weighted by atomic mass is 32.2. The Bertz CT molecular complexity index is 523. The predicted molar refractivity (Wildman–Crippen MR) is 74.8 cm³/mol. The van der Waals surface area contributed by atoms with Crippen LogP contribution in [-0.2, 0) is 9.84 Å². The zero-order valence-corrected chi connectivity index (χ0v) is 12.0. The standard InChI is InChI=1S/C13H20N2O3S/c1-3-11(14)8-9-15-13(16)10-4-6-12(7-5-10)19(2,17)18/h4-7,11H,3,8-9,14H2,1-2H3,(H,15,16). The number of hydrogen-bond acceptors (Lipinski definition) is 4. The third-order valence-corrected chi connectivity index (χ3v) is 4.00. The van der Waals surface area contributed by atoms with Crippen LogP contribution in [0.4, 0.5) is 0 Å². The van der Waals surface area contributed by atoms with Crippen LogP contribution in [0, 0.1) is 0 Å². The number of sulfone groups is 1. The van der Waals surface area contributed by atoms with Crippen molar-refractivity contribution in [3.05, 3.63) is 29.8 Å². The van der Waals surface area contributed by atoms with Crippen molar-refractivity contribution in [3.63, 3.8) is 0 Å². The van der Waals surface area contributed by atoms with E-state index in [1.807, 2.05) is 6.92 Å². The Balaban J connectivity index is 2.59. The fourth-order valence-corrected chi connectivity index (χ4v) is 2.16. The topological polar surface area (TPSA) is 89.3 Å². The summed E-state index contributed by atoms with van der Waals surface area (Å²) < 4.78 is 22.6. The van der Waals surface area contributed by atoms with Crippen LogP contribution in [0.3, 0.4) is 0 Å². The molecular weight excluding hydrogens is 264 g/mol. The van der Waals surface area contributed by atoms with Gasteiger partial charge in [-0.05, 0) is 37.1 Å². The van der Waals surface area contributed by atoms with Crippen LogP contribution in [-0.4, -0.2) is 33.2 Å². The monoisotopic (exact) mass is 284 g/mol. The zero-order chi connectivity index (χ0) is 14.5. The molecule has 19 heavy (non-hydrogen) atoms. The highest BCUT2D eigenvalue weighted by molar-refractivity contribution is 7.90. The van der Waals surface area contributed by atoms with Gasteiger partial charge in [-0.2, -0.15) is 0 Å². The van der Waals surface area contributed by atoms with E-state index < -0.39 is 9.84 Å². The van der Waals surface area contributed by atoms with Crippen molar-refractivity contribution in [2.24, 2.45) is 5.73 Å². The summed E-state index contributed by atoms with van der Waals surface area (Å²) in [6.45, 7) is 2.51. The number of amides is 1. The number of nitrogens with one attached hydrogen (secondary N) is 1. The molecule has 0 radical (unpaired) electrons. The van der Waals surface area contributed by atoms with Gasteiger partial charge in [-0.25, -0.2) is 8.42 Å². The van der Waals surface area contributed by atoms with E-state index in [1.54, 1.807) is 0 Å². The molecule has 1 rings (SSSR count). The highest BCUT2D eigenvalue weighted by Crippen LogP contribution is 2.10. The summed E-state index contributed by atoms with van der Waals surface area (Å²) in [6.07, 6.45) is 2.73. The van der Waals surface area contributed by atoms with Gasteiger partial charge in [0, 0.05) is 24.4 Å². The van der Waals surface area contributed by atoms with Gasteiger partial charge in [0.05, 0.1) is 4.90 Å². The molecular formula is C13H20N2O3S. The fraction of sp³-hybridized carbons (Fsp3) is 0.462.